The van der Waals surface area contributed by atoms with Gasteiger partial charge in [0.25, 0.3) is 5.91 Å². The van der Waals surface area contributed by atoms with Crippen molar-refractivity contribution in [3.8, 4) is 0 Å². The second-order valence-electron chi connectivity index (χ2n) is 5.28. The highest BCUT2D eigenvalue weighted by atomic mass is 32.2. The summed E-state index contributed by atoms with van der Waals surface area (Å²) in [4.78, 5) is 21.6. The molecule has 9 heteroatoms. The lowest BCUT2D eigenvalue weighted by Crippen LogP contribution is -2.46. The Kier molecular flexibility index (Phi) is 3.70. The molecule has 0 aromatic heterocycles. The van der Waals surface area contributed by atoms with Gasteiger partial charge in [-0.3, -0.25) is 14.9 Å². The number of nitro benzene ring substituents is 1. The van der Waals surface area contributed by atoms with Crippen LogP contribution < -0.4 is 5.32 Å². The van der Waals surface area contributed by atoms with E-state index < -0.39 is 37.7 Å². The van der Waals surface area contributed by atoms with Gasteiger partial charge in [0.1, 0.15) is 0 Å². The number of benzene rings is 1. The van der Waals surface area contributed by atoms with Crippen LogP contribution in [0.2, 0.25) is 0 Å². The molecule has 1 amide bonds. The summed E-state index contributed by atoms with van der Waals surface area (Å²) >= 11 is 0. The molecule has 1 atom stereocenters. The van der Waals surface area contributed by atoms with E-state index in [1.54, 1.807) is 6.92 Å². The van der Waals surface area contributed by atoms with E-state index in [1.165, 1.54) is 0 Å². The topological polar surface area (TPSA) is 106 Å². The molecule has 1 unspecified atom stereocenters. The van der Waals surface area contributed by atoms with Gasteiger partial charge in [0, 0.05) is 11.6 Å². The highest BCUT2D eigenvalue weighted by Crippen LogP contribution is 2.24. The average molecular weight is 316 g/mol. The molecule has 0 spiro atoms. The van der Waals surface area contributed by atoms with E-state index in [-0.39, 0.29) is 23.5 Å². The molecule has 1 aromatic rings. The van der Waals surface area contributed by atoms with Gasteiger partial charge < -0.3 is 5.32 Å². The number of amides is 1. The van der Waals surface area contributed by atoms with E-state index in [4.69, 9.17) is 0 Å². The molecule has 0 radical (unpaired) electrons. The van der Waals surface area contributed by atoms with Crippen LogP contribution in [0.3, 0.4) is 0 Å². The maximum Gasteiger partial charge on any atom is 0.304 e. The van der Waals surface area contributed by atoms with Gasteiger partial charge in [0.05, 0.1) is 22.0 Å². The van der Waals surface area contributed by atoms with Crippen molar-refractivity contribution in [1.82, 2.24) is 5.32 Å². The number of nitrogens with zero attached hydrogens (tertiary/aromatic N) is 1. The lowest BCUT2D eigenvalue weighted by molar-refractivity contribution is -0.387. The number of carbonyl (C=O) groups excluding carboxylic acids is 1. The first-order valence-corrected chi connectivity index (χ1v) is 7.91. The van der Waals surface area contributed by atoms with Crippen molar-refractivity contribution in [1.29, 1.82) is 0 Å². The van der Waals surface area contributed by atoms with Gasteiger partial charge in [0.2, 0.25) is 5.82 Å². The number of nitro groups is 1. The smallest absolute Gasteiger partial charge is 0.304 e. The first kappa shape index (κ1) is 15.4. The van der Waals surface area contributed by atoms with Crippen LogP contribution in [0, 0.1) is 15.9 Å². The molecule has 1 N–H and O–H groups in total. The van der Waals surface area contributed by atoms with E-state index in [0.717, 1.165) is 18.2 Å². The van der Waals surface area contributed by atoms with Gasteiger partial charge in [-0.05, 0) is 25.5 Å². The second-order valence-corrected chi connectivity index (χ2v) is 7.46. The second kappa shape index (κ2) is 5.06. The summed E-state index contributed by atoms with van der Waals surface area (Å²) in [6.45, 7) is 1.59. The molecule has 0 saturated carbocycles. The molecule has 1 saturated heterocycles. The van der Waals surface area contributed by atoms with Gasteiger partial charge in [0.15, 0.2) is 9.84 Å². The Hall–Kier alpha value is -2.03. The molecule has 0 aliphatic carbocycles. The summed E-state index contributed by atoms with van der Waals surface area (Å²) in [6, 6.07) is 2.79. The minimum Gasteiger partial charge on any atom is -0.346 e. The highest BCUT2D eigenvalue weighted by Gasteiger charge is 2.39. The lowest BCUT2D eigenvalue weighted by Gasteiger charge is -2.23. The third-order valence-electron chi connectivity index (χ3n) is 3.33. The summed E-state index contributed by atoms with van der Waals surface area (Å²) in [5.41, 5.74) is -1.72. The van der Waals surface area contributed by atoms with Crippen molar-refractivity contribution < 1.29 is 22.5 Å². The van der Waals surface area contributed by atoms with Crippen LogP contribution in [0.15, 0.2) is 18.2 Å². The maximum atomic E-state index is 13.5. The zero-order valence-electron chi connectivity index (χ0n) is 11.1. The van der Waals surface area contributed by atoms with Gasteiger partial charge in [-0.2, -0.15) is 4.39 Å². The van der Waals surface area contributed by atoms with Crippen molar-refractivity contribution >= 4 is 21.4 Å². The molecule has 1 heterocycles. The Morgan fingerprint density at radius 2 is 2.14 bits per heavy atom. The Bertz CT molecular complexity index is 718. The zero-order valence-corrected chi connectivity index (χ0v) is 11.9. The lowest BCUT2D eigenvalue weighted by atomic mass is 10.0. The van der Waals surface area contributed by atoms with Crippen molar-refractivity contribution in [2.24, 2.45) is 0 Å². The van der Waals surface area contributed by atoms with Crippen molar-refractivity contribution in [2.75, 3.05) is 11.5 Å². The molecule has 0 bridgehead atoms. The maximum absolute atomic E-state index is 13.5. The van der Waals surface area contributed by atoms with E-state index in [1.807, 2.05) is 0 Å². The molecule has 2 rings (SSSR count). The standard InChI is InChI=1S/C12H13FN2O5S/c1-12(4-5-21(19,20)7-12)14-11(16)8-2-3-10(15(17)18)9(13)6-8/h2-3,6H,4-5,7H2,1H3,(H,14,16). The van der Waals surface area contributed by atoms with E-state index in [9.17, 15) is 27.7 Å². The molecule has 1 aromatic carbocycles. The molecule has 21 heavy (non-hydrogen) atoms. The third kappa shape index (κ3) is 3.35. The van der Waals surface area contributed by atoms with Crippen LogP contribution >= 0.6 is 0 Å². The summed E-state index contributed by atoms with van der Waals surface area (Å²) < 4.78 is 36.4. The molecular formula is C12H13FN2O5S. The number of hydrogen-bond donors (Lipinski definition) is 1. The number of rotatable bonds is 3. The summed E-state index contributed by atoms with van der Waals surface area (Å²) in [7, 11) is -3.19. The summed E-state index contributed by atoms with van der Waals surface area (Å²) in [5.74, 6) is -1.97. The number of sulfone groups is 1. The van der Waals surface area contributed by atoms with E-state index in [0.29, 0.717) is 0 Å². The fourth-order valence-corrected chi connectivity index (χ4v) is 4.34. The monoisotopic (exact) mass is 316 g/mol. The first-order valence-electron chi connectivity index (χ1n) is 6.09. The van der Waals surface area contributed by atoms with Crippen LogP contribution in [0.4, 0.5) is 10.1 Å². The summed E-state index contributed by atoms with van der Waals surface area (Å²) in [5, 5.41) is 13.1. The van der Waals surface area contributed by atoms with Crippen molar-refractivity contribution in [2.45, 2.75) is 18.9 Å². The van der Waals surface area contributed by atoms with Crippen LogP contribution in [0.1, 0.15) is 23.7 Å². The Balaban J connectivity index is 2.18. The minimum absolute atomic E-state index is 0.0155. The molecule has 114 valence electrons. The SMILES string of the molecule is CC1(NC(=O)c2ccc([N+](=O)[O-])c(F)c2)CCS(=O)(=O)C1. The van der Waals surface area contributed by atoms with Gasteiger partial charge in [-0.15, -0.1) is 0 Å². The van der Waals surface area contributed by atoms with Gasteiger partial charge >= 0.3 is 5.69 Å². The Labute approximate surface area is 120 Å². The summed E-state index contributed by atoms with van der Waals surface area (Å²) in [6.07, 6.45) is 0.274. The zero-order chi connectivity index (χ0) is 15.8. The number of carbonyl (C=O) groups is 1. The fraction of sp³-hybridized carbons (Fsp3) is 0.417. The normalized spacial score (nSPS) is 23.7. The average Bonchev–Trinajstić information content (AvgIpc) is 2.62. The van der Waals surface area contributed by atoms with E-state index >= 15 is 0 Å². The first-order chi connectivity index (χ1) is 9.62. The van der Waals surface area contributed by atoms with Crippen LogP contribution in [-0.2, 0) is 9.84 Å². The highest BCUT2D eigenvalue weighted by molar-refractivity contribution is 7.91. The largest absolute Gasteiger partial charge is 0.346 e. The minimum atomic E-state index is -3.19. The molecule has 7 nitrogen and oxygen atoms in total. The fourth-order valence-electron chi connectivity index (χ4n) is 2.25. The molecule has 1 aliphatic heterocycles. The van der Waals surface area contributed by atoms with Crippen LogP contribution in [-0.4, -0.2) is 36.3 Å². The van der Waals surface area contributed by atoms with E-state index in [2.05, 4.69) is 5.32 Å². The van der Waals surface area contributed by atoms with Gasteiger partial charge in [-0.1, -0.05) is 0 Å². The Morgan fingerprint density at radius 1 is 1.48 bits per heavy atom. The molecule has 1 fully saturated rings. The number of nitrogens with one attached hydrogen (secondary N) is 1. The number of hydrogen-bond acceptors (Lipinski definition) is 5. The van der Waals surface area contributed by atoms with Gasteiger partial charge in [-0.25, -0.2) is 8.42 Å². The Morgan fingerprint density at radius 3 is 2.62 bits per heavy atom. The third-order valence-corrected chi connectivity index (χ3v) is 5.23. The van der Waals surface area contributed by atoms with Crippen LogP contribution in [0.5, 0.6) is 0 Å². The predicted molar refractivity (Wildman–Crippen MR) is 72.2 cm³/mol. The van der Waals surface area contributed by atoms with Crippen molar-refractivity contribution in [3.63, 3.8) is 0 Å². The quantitative estimate of drug-likeness (QED) is 0.662. The predicted octanol–water partition coefficient (Wildman–Crippen LogP) is 1.04. The number of halogens is 1. The molecular weight excluding hydrogens is 303 g/mol. The van der Waals surface area contributed by atoms with Crippen molar-refractivity contribution in [3.05, 3.63) is 39.7 Å². The van der Waals surface area contributed by atoms with Crippen LogP contribution in [0.25, 0.3) is 0 Å². The molecule has 1 aliphatic rings.